The average molecular weight is 262 g/mol. The zero-order valence-corrected chi connectivity index (χ0v) is 10.9. The van der Waals surface area contributed by atoms with E-state index in [0.29, 0.717) is 46.2 Å². The van der Waals surface area contributed by atoms with Crippen LogP contribution in [0.2, 0.25) is 0 Å². The molecular weight excluding hydrogens is 240 g/mol. The Hall–Kier alpha value is -1.11. The van der Waals surface area contributed by atoms with Crippen LogP contribution in [0, 0.1) is 0 Å². The highest BCUT2D eigenvalue weighted by Gasteiger charge is 1.94. The molecule has 0 rings (SSSR count). The van der Waals surface area contributed by atoms with E-state index in [1.165, 1.54) is 13.2 Å². The minimum Gasteiger partial charge on any atom is -0.499 e. The van der Waals surface area contributed by atoms with Gasteiger partial charge in [-0.15, -0.1) is 0 Å². The molecule has 0 aliphatic rings. The first kappa shape index (κ1) is 16.9. The fourth-order valence-electron chi connectivity index (χ4n) is 0.977. The Kier molecular flexibility index (Phi) is 13.1. The van der Waals surface area contributed by atoms with Gasteiger partial charge in [-0.3, -0.25) is 4.79 Å². The standard InChI is InChI=1S/C12H22O6/c1-3-14-4-5-15-6-7-16-8-9-17-10-11-18-12(2)13/h3H,1,4-11H2,2H3. The highest BCUT2D eigenvalue weighted by Crippen LogP contribution is 1.83. The van der Waals surface area contributed by atoms with Gasteiger partial charge in [0.2, 0.25) is 0 Å². The SMILES string of the molecule is C=COCCOCCOCCOCCOC(C)=O. The zero-order chi connectivity index (χ0) is 13.5. The number of hydrogen-bond acceptors (Lipinski definition) is 6. The summed E-state index contributed by atoms with van der Waals surface area (Å²) in [7, 11) is 0. The van der Waals surface area contributed by atoms with Gasteiger partial charge in [0, 0.05) is 6.92 Å². The number of rotatable bonds is 13. The van der Waals surface area contributed by atoms with Gasteiger partial charge in [-0.05, 0) is 0 Å². The molecular formula is C12H22O6. The molecule has 0 heterocycles. The van der Waals surface area contributed by atoms with Crippen LogP contribution in [0.5, 0.6) is 0 Å². The van der Waals surface area contributed by atoms with Crippen molar-refractivity contribution < 1.29 is 28.5 Å². The average Bonchev–Trinajstić information content (AvgIpc) is 2.34. The first-order valence-electron chi connectivity index (χ1n) is 5.86. The molecule has 6 heteroatoms. The number of carbonyl (C=O) groups is 1. The van der Waals surface area contributed by atoms with E-state index in [1.54, 1.807) is 0 Å². The Bertz CT molecular complexity index is 207. The summed E-state index contributed by atoms with van der Waals surface area (Å²) >= 11 is 0. The predicted octanol–water partition coefficient (Wildman–Crippen LogP) is 0.759. The summed E-state index contributed by atoms with van der Waals surface area (Å²) in [6.45, 7) is 8.47. The lowest BCUT2D eigenvalue weighted by Gasteiger charge is -2.06. The largest absolute Gasteiger partial charge is 0.499 e. The summed E-state index contributed by atoms with van der Waals surface area (Å²) in [5, 5.41) is 0. The molecule has 0 unspecified atom stereocenters. The number of carbonyl (C=O) groups excluding carboxylic acids is 1. The van der Waals surface area contributed by atoms with Crippen LogP contribution in [0.25, 0.3) is 0 Å². The Morgan fingerprint density at radius 2 is 1.33 bits per heavy atom. The molecule has 0 saturated heterocycles. The van der Waals surface area contributed by atoms with Crippen molar-refractivity contribution in [3.05, 3.63) is 12.8 Å². The lowest BCUT2D eigenvalue weighted by molar-refractivity contribution is -0.142. The number of ether oxygens (including phenoxy) is 5. The molecule has 6 nitrogen and oxygen atoms in total. The zero-order valence-electron chi connectivity index (χ0n) is 10.9. The van der Waals surface area contributed by atoms with Crippen molar-refractivity contribution in [1.82, 2.24) is 0 Å². The second kappa shape index (κ2) is 14.0. The fraction of sp³-hybridized carbons (Fsp3) is 0.750. The smallest absolute Gasteiger partial charge is 0.302 e. The molecule has 106 valence electrons. The highest BCUT2D eigenvalue weighted by atomic mass is 16.6. The van der Waals surface area contributed by atoms with Gasteiger partial charge < -0.3 is 23.7 Å². The van der Waals surface area contributed by atoms with Gasteiger partial charge in [0.25, 0.3) is 0 Å². The van der Waals surface area contributed by atoms with Crippen molar-refractivity contribution in [2.45, 2.75) is 6.92 Å². The molecule has 0 aromatic heterocycles. The molecule has 0 radical (unpaired) electrons. The van der Waals surface area contributed by atoms with Crippen LogP contribution < -0.4 is 0 Å². The summed E-state index contributed by atoms with van der Waals surface area (Å²) in [6.07, 6.45) is 1.38. The summed E-state index contributed by atoms with van der Waals surface area (Å²) < 4.78 is 25.2. The molecule has 0 aromatic carbocycles. The third kappa shape index (κ3) is 14.9. The van der Waals surface area contributed by atoms with Crippen molar-refractivity contribution >= 4 is 5.97 Å². The van der Waals surface area contributed by atoms with Gasteiger partial charge in [0.15, 0.2) is 0 Å². The summed E-state index contributed by atoms with van der Waals surface area (Å²) in [5.74, 6) is -0.299. The van der Waals surface area contributed by atoms with E-state index < -0.39 is 0 Å². The maximum Gasteiger partial charge on any atom is 0.302 e. The van der Waals surface area contributed by atoms with Crippen molar-refractivity contribution in [3.8, 4) is 0 Å². The number of esters is 1. The summed E-state index contributed by atoms with van der Waals surface area (Å²) in [4.78, 5) is 10.4. The lowest BCUT2D eigenvalue weighted by Crippen LogP contribution is -2.13. The van der Waals surface area contributed by atoms with E-state index in [1.807, 2.05) is 0 Å². The van der Waals surface area contributed by atoms with Gasteiger partial charge in [0.05, 0.1) is 45.9 Å². The Morgan fingerprint density at radius 1 is 0.889 bits per heavy atom. The maximum atomic E-state index is 10.4. The van der Waals surface area contributed by atoms with Crippen molar-refractivity contribution in [1.29, 1.82) is 0 Å². The minimum absolute atomic E-state index is 0.280. The maximum absolute atomic E-state index is 10.4. The van der Waals surface area contributed by atoms with Crippen molar-refractivity contribution in [2.75, 3.05) is 52.9 Å². The summed E-state index contributed by atoms with van der Waals surface area (Å²) in [6, 6.07) is 0. The highest BCUT2D eigenvalue weighted by molar-refractivity contribution is 5.65. The van der Waals surface area contributed by atoms with Crippen molar-refractivity contribution in [2.24, 2.45) is 0 Å². The molecule has 0 fully saturated rings. The van der Waals surface area contributed by atoms with Crippen molar-refractivity contribution in [3.63, 3.8) is 0 Å². The van der Waals surface area contributed by atoms with Crippen LogP contribution in [0.3, 0.4) is 0 Å². The predicted molar refractivity (Wildman–Crippen MR) is 65.2 cm³/mol. The number of hydrogen-bond donors (Lipinski definition) is 0. The lowest BCUT2D eigenvalue weighted by atomic mass is 10.7. The van der Waals surface area contributed by atoms with E-state index in [0.717, 1.165) is 0 Å². The first-order valence-corrected chi connectivity index (χ1v) is 5.86. The van der Waals surface area contributed by atoms with E-state index in [2.05, 4.69) is 6.58 Å². The second-order valence-electron chi connectivity index (χ2n) is 3.21. The van der Waals surface area contributed by atoms with Gasteiger partial charge in [-0.1, -0.05) is 6.58 Å². The third-order valence-corrected chi connectivity index (χ3v) is 1.74. The van der Waals surface area contributed by atoms with Gasteiger partial charge in [-0.2, -0.15) is 0 Å². The van der Waals surface area contributed by atoms with Crippen LogP contribution in [-0.4, -0.2) is 58.8 Å². The third-order valence-electron chi connectivity index (χ3n) is 1.74. The minimum atomic E-state index is -0.299. The van der Waals surface area contributed by atoms with Gasteiger partial charge in [-0.25, -0.2) is 0 Å². The van der Waals surface area contributed by atoms with Crippen LogP contribution in [-0.2, 0) is 28.5 Å². The van der Waals surface area contributed by atoms with E-state index in [-0.39, 0.29) is 12.6 Å². The molecule has 0 atom stereocenters. The van der Waals surface area contributed by atoms with E-state index >= 15 is 0 Å². The Balaban J connectivity index is 2.94. The molecule has 0 aliphatic carbocycles. The molecule has 0 spiro atoms. The molecule has 0 bridgehead atoms. The molecule has 0 saturated carbocycles. The molecule has 0 aromatic rings. The van der Waals surface area contributed by atoms with E-state index in [4.69, 9.17) is 23.7 Å². The quantitative estimate of drug-likeness (QED) is 0.277. The Labute approximate surface area is 108 Å². The van der Waals surface area contributed by atoms with Crippen LogP contribution in [0.4, 0.5) is 0 Å². The summed E-state index contributed by atoms with van der Waals surface area (Å²) in [5.41, 5.74) is 0. The van der Waals surface area contributed by atoms with Gasteiger partial charge in [0.1, 0.15) is 13.2 Å². The van der Waals surface area contributed by atoms with Gasteiger partial charge >= 0.3 is 5.97 Å². The molecule has 0 aliphatic heterocycles. The fourth-order valence-corrected chi connectivity index (χ4v) is 0.977. The first-order chi connectivity index (χ1) is 8.77. The van der Waals surface area contributed by atoms with E-state index in [9.17, 15) is 4.79 Å². The topological polar surface area (TPSA) is 63.2 Å². The van der Waals surface area contributed by atoms with Crippen LogP contribution in [0.15, 0.2) is 12.8 Å². The second-order valence-corrected chi connectivity index (χ2v) is 3.21. The normalized spacial score (nSPS) is 10.1. The molecule has 18 heavy (non-hydrogen) atoms. The Morgan fingerprint density at radius 3 is 1.78 bits per heavy atom. The monoisotopic (exact) mass is 262 g/mol. The van der Waals surface area contributed by atoms with Crippen LogP contribution >= 0.6 is 0 Å². The van der Waals surface area contributed by atoms with Crippen LogP contribution in [0.1, 0.15) is 6.92 Å². The molecule has 0 N–H and O–H groups in total. The molecule has 0 amide bonds.